The van der Waals surface area contributed by atoms with E-state index < -0.39 is 0 Å². The molecule has 0 unspecified atom stereocenters. The lowest BCUT2D eigenvalue weighted by Crippen LogP contribution is -2.46. The van der Waals surface area contributed by atoms with Crippen LogP contribution in [0.15, 0.2) is 12.1 Å². The van der Waals surface area contributed by atoms with Crippen molar-refractivity contribution in [3.63, 3.8) is 0 Å². The van der Waals surface area contributed by atoms with Gasteiger partial charge in [-0.1, -0.05) is 47.6 Å². The zero-order chi connectivity index (χ0) is 18.1. The Hall–Kier alpha value is -0.810. The third-order valence-electron chi connectivity index (χ3n) is 4.94. The first-order valence-electron chi connectivity index (χ1n) is 8.99. The van der Waals surface area contributed by atoms with Gasteiger partial charge in [0.2, 0.25) is 0 Å². The predicted molar refractivity (Wildman–Crippen MR) is 107 cm³/mol. The maximum absolute atomic E-state index is 11.0. The van der Waals surface area contributed by atoms with Crippen molar-refractivity contribution in [2.24, 2.45) is 0 Å². The molecule has 1 aliphatic rings. The van der Waals surface area contributed by atoms with E-state index in [1.807, 2.05) is 0 Å². The van der Waals surface area contributed by atoms with E-state index in [9.17, 15) is 10.2 Å². The van der Waals surface area contributed by atoms with Gasteiger partial charge in [-0.05, 0) is 28.0 Å². The Bertz CT molecular complexity index is 570. The Balaban J connectivity index is 0.00000312. The van der Waals surface area contributed by atoms with Gasteiger partial charge in [0.15, 0.2) is 0 Å². The van der Waals surface area contributed by atoms with Crippen LogP contribution in [0.3, 0.4) is 0 Å². The van der Waals surface area contributed by atoms with Gasteiger partial charge in [-0.2, -0.15) is 0 Å². The lowest BCUT2D eigenvalue weighted by atomic mass is 9.78. The Kier molecular flexibility index (Phi) is 7.34. The molecule has 4 nitrogen and oxygen atoms in total. The molecule has 0 spiro atoms. The Morgan fingerprint density at radius 1 is 1.04 bits per heavy atom. The number of hydrogen-bond acceptors (Lipinski definition) is 4. The minimum absolute atomic E-state index is 0. The highest BCUT2D eigenvalue weighted by Gasteiger charge is 2.30. The van der Waals surface area contributed by atoms with Crippen LogP contribution in [0, 0.1) is 0 Å². The summed E-state index contributed by atoms with van der Waals surface area (Å²) in [5, 5.41) is 24.4. The van der Waals surface area contributed by atoms with Gasteiger partial charge in [-0.15, -0.1) is 12.4 Å². The second-order valence-electron chi connectivity index (χ2n) is 8.95. The first-order chi connectivity index (χ1) is 11.1. The Labute approximate surface area is 159 Å². The van der Waals surface area contributed by atoms with Crippen molar-refractivity contribution in [3.05, 3.63) is 28.8 Å². The van der Waals surface area contributed by atoms with Crippen LogP contribution in [-0.4, -0.2) is 47.9 Å². The Morgan fingerprint density at radius 2 is 1.60 bits per heavy atom. The van der Waals surface area contributed by atoms with Gasteiger partial charge < -0.3 is 15.5 Å². The van der Waals surface area contributed by atoms with Gasteiger partial charge in [-0.3, -0.25) is 4.90 Å². The summed E-state index contributed by atoms with van der Waals surface area (Å²) >= 11 is 0. The average molecular weight is 371 g/mol. The first-order valence-corrected chi connectivity index (χ1v) is 8.99. The van der Waals surface area contributed by atoms with E-state index in [1.54, 1.807) is 0 Å². The molecule has 1 fully saturated rings. The number of phenolic OH excluding ortho intramolecular Hbond substituents is 1. The molecule has 144 valence electrons. The molecule has 1 aliphatic heterocycles. The molecule has 0 amide bonds. The van der Waals surface area contributed by atoms with Crippen molar-refractivity contribution in [2.45, 2.75) is 58.4 Å². The zero-order valence-corrected chi connectivity index (χ0v) is 17.3. The van der Waals surface area contributed by atoms with Crippen molar-refractivity contribution >= 4 is 12.4 Å². The molecular formula is C20H35ClN2O2. The number of nitrogens with one attached hydrogen (secondary N) is 1. The lowest BCUT2D eigenvalue weighted by molar-refractivity contribution is 0.108. The summed E-state index contributed by atoms with van der Waals surface area (Å²) in [6.07, 6.45) is 0. The van der Waals surface area contributed by atoms with Gasteiger partial charge in [0.25, 0.3) is 0 Å². The molecule has 1 atom stereocenters. The average Bonchev–Trinajstić information content (AvgIpc) is 2.48. The number of aromatic hydroxyl groups is 1. The molecule has 0 radical (unpaired) electrons. The van der Waals surface area contributed by atoms with Crippen LogP contribution in [0.4, 0.5) is 0 Å². The molecule has 0 aromatic heterocycles. The minimum atomic E-state index is -0.157. The Morgan fingerprint density at radius 3 is 2.04 bits per heavy atom. The minimum Gasteiger partial charge on any atom is -0.507 e. The number of hydrogen-bond donors (Lipinski definition) is 3. The molecule has 25 heavy (non-hydrogen) atoms. The third-order valence-corrected chi connectivity index (χ3v) is 4.94. The standard InChI is InChI=1S/C20H34N2O2.ClH/c1-19(2,3)14-11-15(18(24)16(12-14)20(4,5)6)17(13-23)22-9-7-21-8-10-22;/h11-12,17,21,23-24H,7-10,13H2,1-6H3;1H/t17-;/m0./s1. The zero-order valence-electron chi connectivity index (χ0n) is 16.5. The monoisotopic (exact) mass is 370 g/mol. The number of piperazine rings is 1. The number of aliphatic hydroxyl groups is 1. The predicted octanol–water partition coefficient (Wildman–Crippen LogP) is 3.35. The highest BCUT2D eigenvalue weighted by molar-refractivity contribution is 5.85. The van der Waals surface area contributed by atoms with Crippen molar-refractivity contribution in [3.8, 4) is 5.75 Å². The van der Waals surface area contributed by atoms with Crippen LogP contribution in [0.25, 0.3) is 0 Å². The van der Waals surface area contributed by atoms with E-state index >= 15 is 0 Å². The molecule has 0 bridgehead atoms. The molecule has 1 aromatic rings. The van der Waals surface area contributed by atoms with Gasteiger partial charge in [-0.25, -0.2) is 0 Å². The summed E-state index contributed by atoms with van der Waals surface area (Å²) in [4.78, 5) is 2.27. The smallest absolute Gasteiger partial charge is 0.124 e. The fourth-order valence-electron chi connectivity index (χ4n) is 3.32. The van der Waals surface area contributed by atoms with E-state index in [0.29, 0.717) is 5.75 Å². The molecule has 0 saturated carbocycles. The van der Waals surface area contributed by atoms with Crippen LogP contribution >= 0.6 is 12.4 Å². The number of phenols is 1. The van der Waals surface area contributed by atoms with E-state index in [4.69, 9.17) is 0 Å². The summed E-state index contributed by atoms with van der Waals surface area (Å²) in [7, 11) is 0. The van der Waals surface area contributed by atoms with Crippen LogP contribution < -0.4 is 5.32 Å². The highest BCUT2D eigenvalue weighted by atomic mass is 35.5. The third kappa shape index (κ3) is 5.10. The van der Waals surface area contributed by atoms with Crippen LogP contribution in [-0.2, 0) is 10.8 Å². The van der Waals surface area contributed by atoms with Gasteiger partial charge >= 0.3 is 0 Å². The van der Waals surface area contributed by atoms with E-state index in [2.05, 4.69) is 63.9 Å². The molecule has 3 N–H and O–H groups in total. The first kappa shape index (κ1) is 22.2. The van der Waals surface area contributed by atoms with E-state index in [1.165, 1.54) is 5.56 Å². The van der Waals surface area contributed by atoms with Gasteiger partial charge in [0.1, 0.15) is 5.75 Å². The highest BCUT2D eigenvalue weighted by Crippen LogP contribution is 2.41. The molecule has 1 saturated heterocycles. The van der Waals surface area contributed by atoms with Crippen molar-refractivity contribution in [2.75, 3.05) is 32.8 Å². The van der Waals surface area contributed by atoms with Crippen LogP contribution in [0.2, 0.25) is 0 Å². The fourth-order valence-corrected chi connectivity index (χ4v) is 3.32. The van der Waals surface area contributed by atoms with Crippen molar-refractivity contribution in [1.82, 2.24) is 10.2 Å². The second kappa shape index (κ2) is 8.26. The fraction of sp³-hybridized carbons (Fsp3) is 0.700. The number of rotatable bonds is 3. The summed E-state index contributed by atoms with van der Waals surface area (Å²) in [6, 6.07) is 4.06. The van der Waals surface area contributed by atoms with Gasteiger partial charge in [0, 0.05) is 31.7 Å². The summed E-state index contributed by atoms with van der Waals surface area (Å²) in [6.45, 7) is 16.6. The molecule has 1 heterocycles. The SMILES string of the molecule is CC(C)(C)c1cc([C@H](CO)N2CCNCC2)c(O)c(C(C)(C)C)c1.Cl. The number of nitrogens with zero attached hydrogens (tertiary/aromatic N) is 1. The molecule has 2 rings (SSSR count). The normalized spacial score (nSPS) is 17.9. The summed E-state index contributed by atoms with van der Waals surface area (Å²) in [5.74, 6) is 0.341. The molecular weight excluding hydrogens is 336 g/mol. The number of aliphatic hydroxyl groups excluding tert-OH is 1. The van der Waals surface area contributed by atoms with E-state index in [0.717, 1.165) is 37.3 Å². The number of halogens is 1. The quantitative estimate of drug-likeness (QED) is 0.763. The van der Waals surface area contributed by atoms with Crippen molar-refractivity contribution in [1.29, 1.82) is 0 Å². The van der Waals surface area contributed by atoms with Gasteiger partial charge in [0.05, 0.1) is 12.6 Å². The lowest BCUT2D eigenvalue weighted by Gasteiger charge is -2.36. The number of benzene rings is 1. The summed E-state index contributed by atoms with van der Waals surface area (Å²) < 4.78 is 0. The second-order valence-corrected chi connectivity index (χ2v) is 8.95. The topological polar surface area (TPSA) is 55.7 Å². The van der Waals surface area contributed by atoms with Crippen LogP contribution in [0.1, 0.15) is 64.3 Å². The van der Waals surface area contributed by atoms with Crippen molar-refractivity contribution < 1.29 is 10.2 Å². The largest absolute Gasteiger partial charge is 0.507 e. The summed E-state index contributed by atoms with van der Waals surface area (Å²) in [5.41, 5.74) is 2.86. The maximum Gasteiger partial charge on any atom is 0.124 e. The van der Waals surface area contributed by atoms with E-state index in [-0.39, 0.29) is 35.9 Å². The maximum atomic E-state index is 11.0. The molecule has 0 aliphatic carbocycles. The molecule has 1 aromatic carbocycles. The van der Waals surface area contributed by atoms with Crippen LogP contribution in [0.5, 0.6) is 5.75 Å². The molecule has 5 heteroatoms.